The standard InChI is InChI=1S/C17H21N3O4/c1-24-13-4-2-11(3-5-13)7-19-15(22)14-6-12(21)8-20(14)17(16(19)23)9-18-10-17/h2-5,12,14,18,21H,6-10H2,1H3. The van der Waals surface area contributed by atoms with E-state index < -0.39 is 17.7 Å². The molecule has 3 saturated heterocycles. The molecule has 2 unspecified atom stereocenters. The number of amides is 2. The number of β-amino-alcohol motifs (C(OH)–C–C–N with tert-alkyl or cyclic N) is 1. The predicted octanol–water partition coefficient (Wildman–Crippen LogP) is -0.659. The van der Waals surface area contributed by atoms with Crippen LogP contribution in [-0.4, -0.2) is 71.1 Å². The zero-order valence-corrected chi connectivity index (χ0v) is 13.6. The topological polar surface area (TPSA) is 82.1 Å². The smallest absolute Gasteiger partial charge is 0.252 e. The van der Waals surface area contributed by atoms with Crippen molar-refractivity contribution in [2.75, 3.05) is 26.7 Å². The van der Waals surface area contributed by atoms with Gasteiger partial charge < -0.3 is 15.2 Å². The predicted molar refractivity (Wildman–Crippen MR) is 85.3 cm³/mol. The van der Waals surface area contributed by atoms with E-state index in [0.29, 0.717) is 26.1 Å². The lowest BCUT2D eigenvalue weighted by Gasteiger charge is -2.54. The van der Waals surface area contributed by atoms with Gasteiger partial charge in [0.05, 0.1) is 25.8 Å². The number of hydrogen-bond donors (Lipinski definition) is 2. The maximum absolute atomic E-state index is 13.0. The van der Waals surface area contributed by atoms with Crippen molar-refractivity contribution in [1.29, 1.82) is 0 Å². The molecule has 1 aromatic carbocycles. The summed E-state index contributed by atoms with van der Waals surface area (Å²) < 4.78 is 5.14. The number of aliphatic hydroxyl groups is 1. The van der Waals surface area contributed by atoms with Gasteiger partial charge in [0.25, 0.3) is 5.91 Å². The van der Waals surface area contributed by atoms with E-state index in [-0.39, 0.29) is 18.4 Å². The van der Waals surface area contributed by atoms with Crippen LogP contribution in [0.1, 0.15) is 12.0 Å². The molecule has 2 N–H and O–H groups in total. The Balaban J connectivity index is 1.62. The Morgan fingerprint density at radius 1 is 1.29 bits per heavy atom. The van der Waals surface area contributed by atoms with E-state index in [1.54, 1.807) is 7.11 Å². The second kappa shape index (κ2) is 5.54. The number of nitrogens with one attached hydrogen (secondary N) is 1. The average Bonchev–Trinajstić information content (AvgIpc) is 2.93. The van der Waals surface area contributed by atoms with Gasteiger partial charge in [-0.25, -0.2) is 0 Å². The summed E-state index contributed by atoms with van der Waals surface area (Å²) in [6, 6.07) is 6.96. The molecule has 24 heavy (non-hydrogen) atoms. The van der Waals surface area contributed by atoms with Crippen molar-refractivity contribution in [3.8, 4) is 5.75 Å². The number of nitrogens with zero attached hydrogens (tertiary/aromatic N) is 2. The molecular formula is C17H21N3O4. The minimum absolute atomic E-state index is 0.160. The molecule has 0 radical (unpaired) electrons. The highest BCUT2D eigenvalue weighted by molar-refractivity contribution is 6.06. The third-order valence-electron chi connectivity index (χ3n) is 5.36. The van der Waals surface area contributed by atoms with Crippen LogP contribution in [0, 0.1) is 0 Å². The number of ether oxygens (including phenoxy) is 1. The number of fused-ring (bicyclic) bond motifs is 2. The highest BCUT2D eigenvalue weighted by Gasteiger charge is 2.61. The van der Waals surface area contributed by atoms with E-state index in [4.69, 9.17) is 4.74 Å². The van der Waals surface area contributed by atoms with Gasteiger partial charge in [0.2, 0.25) is 5.91 Å². The molecule has 7 nitrogen and oxygen atoms in total. The quantitative estimate of drug-likeness (QED) is 0.716. The lowest BCUT2D eigenvalue weighted by Crippen LogP contribution is -2.80. The van der Waals surface area contributed by atoms with Crippen molar-refractivity contribution in [3.05, 3.63) is 29.8 Å². The number of carbonyl (C=O) groups excluding carboxylic acids is 2. The summed E-state index contributed by atoms with van der Waals surface area (Å²) in [7, 11) is 1.60. The first-order valence-corrected chi connectivity index (χ1v) is 8.19. The maximum atomic E-state index is 13.0. The lowest BCUT2D eigenvalue weighted by molar-refractivity contribution is -0.171. The van der Waals surface area contributed by atoms with E-state index in [1.807, 2.05) is 29.2 Å². The van der Waals surface area contributed by atoms with Gasteiger partial charge in [0.1, 0.15) is 11.3 Å². The highest BCUT2D eigenvalue weighted by atomic mass is 16.5. The van der Waals surface area contributed by atoms with Gasteiger partial charge in [-0.1, -0.05) is 12.1 Å². The Morgan fingerprint density at radius 2 is 2.00 bits per heavy atom. The van der Waals surface area contributed by atoms with E-state index in [9.17, 15) is 14.7 Å². The van der Waals surface area contributed by atoms with Crippen LogP contribution in [0.2, 0.25) is 0 Å². The number of methoxy groups -OCH3 is 1. The monoisotopic (exact) mass is 331 g/mol. The van der Waals surface area contributed by atoms with Gasteiger partial charge in [0, 0.05) is 19.6 Å². The van der Waals surface area contributed by atoms with Gasteiger partial charge in [-0.15, -0.1) is 0 Å². The minimum Gasteiger partial charge on any atom is -0.497 e. The number of benzene rings is 1. The molecule has 3 aliphatic rings. The first-order valence-electron chi connectivity index (χ1n) is 8.19. The Morgan fingerprint density at radius 3 is 2.58 bits per heavy atom. The molecule has 0 bridgehead atoms. The Hall–Kier alpha value is -1.96. The van der Waals surface area contributed by atoms with Gasteiger partial charge in [0.15, 0.2) is 0 Å². The fourth-order valence-electron chi connectivity index (χ4n) is 3.95. The molecule has 0 aliphatic carbocycles. The number of aliphatic hydroxyl groups excluding tert-OH is 1. The fourth-order valence-corrected chi connectivity index (χ4v) is 3.95. The summed E-state index contributed by atoms with van der Waals surface area (Å²) in [6.45, 7) is 1.70. The summed E-state index contributed by atoms with van der Waals surface area (Å²) in [5, 5.41) is 13.1. The molecule has 3 fully saturated rings. The summed E-state index contributed by atoms with van der Waals surface area (Å²) in [5.74, 6) is 0.372. The van der Waals surface area contributed by atoms with Crippen LogP contribution >= 0.6 is 0 Å². The number of rotatable bonds is 3. The molecule has 1 spiro atoms. The molecular weight excluding hydrogens is 310 g/mol. The first-order chi connectivity index (χ1) is 11.5. The Bertz CT molecular complexity index is 671. The number of imide groups is 1. The Kier molecular flexibility index (Phi) is 3.59. The average molecular weight is 331 g/mol. The van der Waals surface area contributed by atoms with Gasteiger partial charge in [-0.2, -0.15) is 0 Å². The van der Waals surface area contributed by atoms with Crippen LogP contribution in [0.5, 0.6) is 5.75 Å². The van der Waals surface area contributed by atoms with Crippen molar-refractivity contribution in [2.45, 2.75) is 30.7 Å². The van der Waals surface area contributed by atoms with Gasteiger partial charge in [-0.3, -0.25) is 19.4 Å². The highest BCUT2D eigenvalue weighted by Crippen LogP contribution is 2.37. The molecule has 3 heterocycles. The van der Waals surface area contributed by atoms with Gasteiger partial charge >= 0.3 is 0 Å². The molecule has 7 heteroatoms. The third-order valence-corrected chi connectivity index (χ3v) is 5.36. The van der Waals surface area contributed by atoms with Crippen LogP contribution in [0.4, 0.5) is 0 Å². The first kappa shape index (κ1) is 15.6. The Labute approximate surface area is 140 Å². The number of hydrogen-bond acceptors (Lipinski definition) is 6. The summed E-state index contributed by atoms with van der Waals surface area (Å²) >= 11 is 0. The summed E-state index contributed by atoms with van der Waals surface area (Å²) in [5.41, 5.74) is 0.203. The van der Waals surface area contributed by atoms with Crippen LogP contribution in [0.3, 0.4) is 0 Å². The SMILES string of the molecule is COc1ccc(CN2C(=O)C3CC(O)CN3C3(CNC3)C2=O)cc1. The number of carbonyl (C=O) groups is 2. The van der Waals surface area contributed by atoms with Crippen molar-refractivity contribution < 1.29 is 19.4 Å². The summed E-state index contributed by atoms with van der Waals surface area (Å²) in [6.07, 6.45) is -0.155. The summed E-state index contributed by atoms with van der Waals surface area (Å²) in [4.78, 5) is 29.1. The van der Waals surface area contributed by atoms with Crippen molar-refractivity contribution in [1.82, 2.24) is 15.1 Å². The molecule has 1 aromatic rings. The van der Waals surface area contributed by atoms with Crippen LogP contribution in [0.25, 0.3) is 0 Å². The van der Waals surface area contributed by atoms with E-state index in [0.717, 1.165) is 11.3 Å². The molecule has 128 valence electrons. The zero-order valence-electron chi connectivity index (χ0n) is 13.6. The molecule has 4 rings (SSSR count). The molecule has 0 aromatic heterocycles. The van der Waals surface area contributed by atoms with Crippen molar-refractivity contribution >= 4 is 11.8 Å². The molecule has 3 aliphatic heterocycles. The van der Waals surface area contributed by atoms with Crippen molar-refractivity contribution in [3.63, 3.8) is 0 Å². The van der Waals surface area contributed by atoms with Crippen LogP contribution in [-0.2, 0) is 16.1 Å². The molecule has 2 atom stereocenters. The van der Waals surface area contributed by atoms with Crippen LogP contribution < -0.4 is 10.1 Å². The van der Waals surface area contributed by atoms with E-state index in [1.165, 1.54) is 4.90 Å². The second-order valence-corrected chi connectivity index (χ2v) is 6.77. The van der Waals surface area contributed by atoms with E-state index >= 15 is 0 Å². The largest absolute Gasteiger partial charge is 0.497 e. The van der Waals surface area contributed by atoms with Crippen LogP contribution in [0.15, 0.2) is 24.3 Å². The molecule has 0 saturated carbocycles. The number of piperazine rings is 1. The zero-order chi connectivity index (χ0) is 16.9. The minimum atomic E-state index is -0.678. The fraction of sp³-hybridized carbons (Fsp3) is 0.529. The van der Waals surface area contributed by atoms with Gasteiger partial charge in [-0.05, 0) is 24.1 Å². The lowest BCUT2D eigenvalue weighted by atomic mass is 9.84. The third kappa shape index (κ3) is 2.16. The van der Waals surface area contributed by atoms with Crippen molar-refractivity contribution in [2.24, 2.45) is 0 Å². The second-order valence-electron chi connectivity index (χ2n) is 6.77. The van der Waals surface area contributed by atoms with E-state index in [2.05, 4.69) is 5.32 Å². The maximum Gasteiger partial charge on any atom is 0.252 e. The molecule has 2 amide bonds. The normalized spacial score (nSPS) is 28.8.